The van der Waals surface area contributed by atoms with Crippen LogP contribution in [0.5, 0.6) is 0 Å². The third-order valence-electron chi connectivity index (χ3n) is 5.47. The van der Waals surface area contributed by atoms with E-state index in [1.807, 2.05) is 18.2 Å². The summed E-state index contributed by atoms with van der Waals surface area (Å²) >= 11 is 6.20. The van der Waals surface area contributed by atoms with Crippen molar-refractivity contribution in [1.29, 1.82) is 0 Å². The zero-order valence-corrected chi connectivity index (χ0v) is 15.2. The van der Waals surface area contributed by atoms with Crippen LogP contribution in [-0.2, 0) is 4.74 Å². The molecule has 26 heavy (non-hydrogen) atoms. The van der Waals surface area contributed by atoms with Crippen LogP contribution in [0.4, 0.5) is 0 Å². The Morgan fingerprint density at radius 2 is 1.96 bits per heavy atom. The van der Waals surface area contributed by atoms with Crippen molar-refractivity contribution in [2.45, 2.75) is 37.4 Å². The predicted molar refractivity (Wildman–Crippen MR) is 98.2 cm³/mol. The molecule has 2 aromatic rings. The highest BCUT2D eigenvalue weighted by molar-refractivity contribution is 6.33. The van der Waals surface area contributed by atoms with E-state index in [0.717, 1.165) is 18.4 Å². The largest absolute Gasteiger partial charge is 0.451 e. The molecule has 0 bridgehead atoms. The molecule has 1 spiro atoms. The zero-order chi connectivity index (χ0) is 18.1. The molecular formula is C20H22ClNO4. The second-order valence-corrected chi connectivity index (χ2v) is 7.41. The number of benzene rings is 1. The van der Waals surface area contributed by atoms with E-state index in [1.54, 1.807) is 23.1 Å². The summed E-state index contributed by atoms with van der Waals surface area (Å²) in [5.41, 5.74) is 0.283. The molecule has 0 radical (unpaired) electrons. The summed E-state index contributed by atoms with van der Waals surface area (Å²) in [7, 11) is 0. The average Bonchev–Trinajstić information content (AvgIpc) is 3.15. The molecule has 2 saturated heterocycles. The second kappa shape index (κ2) is 7.06. The first-order chi connectivity index (χ1) is 12.6. The first-order valence-electron chi connectivity index (χ1n) is 9.05. The number of rotatable bonds is 2. The Kier molecular flexibility index (Phi) is 4.78. The highest BCUT2D eigenvalue weighted by atomic mass is 35.5. The Balaban J connectivity index is 1.45. The molecule has 1 aromatic carbocycles. The maximum atomic E-state index is 12.8. The van der Waals surface area contributed by atoms with Crippen molar-refractivity contribution in [3.05, 3.63) is 47.2 Å². The van der Waals surface area contributed by atoms with Gasteiger partial charge in [0.2, 0.25) is 0 Å². The van der Waals surface area contributed by atoms with E-state index in [-0.39, 0.29) is 5.91 Å². The summed E-state index contributed by atoms with van der Waals surface area (Å²) in [6, 6.07) is 10.9. The summed E-state index contributed by atoms with van der Waals surface area (Å²) in [6.45, 7) is 1.79. The van der Waals surface area contributed by atoms with Crippen molar-refractivity contribution in [3.8, 4) is 11.3 Å². The quantitative estimate of drug-likeness (QED) is 0.868. The highest BCUT2D eigenvalue weighted by Crippen LogP contribution is 2.36. The van der Waals surface area contributed by atoms with Gasteiger partial charge in [0, 0.05) is 25.3 Å². The van der Waals surface area contributed by atoms with Gasteiger partial charge in [-0.25, -0.2) is 0 Å². The molecule has 3 heterocycles. The van der Waals surface area contributed by atoms with Crippen LogP contribution < -0.4 is 0 Å². The van der Waals surface area contributed by atoms with Gasteiger partial charge in [0.1, 0.15) is 5.76 Å². The predicted octanol–water partition coefficient (Wildman–Crippen LogP) is 3.75. The molecule has 0 saturated carbocycles. The lowest BCUT2D eigenvalue weighted by Gasteiger charge is -2.46. The second-order valence-electron chi connectivity index (χ2n) is 7.01. The molecule has 1 N–H and O–H groups in total. The summed E-state index contributed by atoms with van der Waals surface area (Å²) in [4.78, 5) is 14.5. The molecular weight excluding hydrogens is 354 g/mol. The van der Waals surface area contributed by atoms with Gasteiger partial charge in [-0.05, 0) is 49.9 Å². The lowest BCUT2D eigenvalue weighted by Crippen LogP contribution is -2.56. The van der Waals surface area contributed by atoms with Crippen molar-refractivity contribution in [2.24, 2.45) is 0 Å². The summed E-state index contributed by atoms with van der Waals surface area (Å²) in [6.07, 6.45) is 2.52. The average molecular weight is 376 g/mol. The monoisotopic (exact) mass is 375 g/mol. The number of halogens is 1. The number of aliphatic hydroxyl groups is 1. The van der Waals surface area contributed by atoms with Gasteiger partial charge in [-0.1, -0.05) is 23.7 Å². The van der Waals surface area contributed by atoms with Crippen LogP contribution in [0.1, 0.15) is 36.2 Å². The minimum atomic E-state index is -0.485. The summed E-state index contributed by atoms with van der Waals surface area (Å²) < 4.78 is 11.7. The van der Waals surface area contributed by atoms with E-state index in [1.165, 1.54) is 0 Å². The number of likely N-dealkylation sites (tertiary alicyclic amines) is 1. The topological polar surface area (TPSA) is 62.9 Å². The van der Waals surface area contributed by atoms with Crippen LogP contribution >= 0.6 is 11.6 Å². The number of ether oxygens (including phenoxy) is 1. The molecule has 2 fully saturated rings. The molecule has 0 unspecified atom stereocenters. The summed E-state index contributed by atoms with van der Waals surface area (Å²) in [5.74, 6) is 0.753. The zero-order valence-electron chi connectivity index (χ0n) is 14.5. The van der Waals surface area contributed by atoms with Crippen LogP contribution in [0.15, 0.2) is 40.8 Å². The minimum absolute atomic E-state index is 0.136. The van der Waals surface area contributed by atoms with Gasteiger partial charge in [-0.15, -0.1) is 0 Å². The molecule has 6 heteroatoms. The molecule has 1 aromatic heterocycles. The third kappa shape index (κ3) is 3.15. The number of hydrogen-bond acceptors (Lipinski definition) is 4. The normalized spacial score (nSPS) is 22.5. The Bertz CT molecular complexity index is 795. The Labute approximate surface area is 157 Å². The Hall–Kier alpha value is -1.82. The maximum Gasteiger partial charge on any atom is 0.289 e. The van der Waals surface area contributed by atoms with Crippen LogP contribution in [0.3, 0.4) is 0 Å². The van der Waals surface area contributed by atoms with Gasteiger partial charge < -0.3 is 19.2 Å². The van der Waals surface area contributed by atoms with Crippen LogP contribution in [0, 0.1) is 0 Å². The van der Waals surface area contributed by atoms with Crippen molar-refractivity contribution in [1.82, 2.24) is 4.90 Å². The van der Waals surface area contributed by atoms with Crippen molar-refractivity contribution < 1.29 is 19.1 Å². The van der Waals surface area contributed by atoms with E-state index in [2.05, 4.69) is 0 Å². The number of hydrogen-bond donors (Lipinski definition) is 1. The van der Waals surface area contributed by atoms with Crippen LogP contribution in [-0.4, -0.2) is 47.3 Å². The lowest BCUT2D eigenvalue weighted by atomic mass is 9.82. The van der Waals surface area contributed by atoms with Gasteiger partial charge in [-0.3, -0.25) is 4.79 Å². The smallest absolute Gasteiger partial charge is 0.289 e. The number of carbonyl (C=O) groups is 1. The Morgan fingerprint density at radius 1 is 1.19 bits per heavy atom. The third-order valence-corrected chi connectivity index (χ3v) is 5.80. The van der Waals surface area contributed by atoms with E-state index in [4.69, 9.17) is 20.8 Å². The molecule has 0 aliphatic carbocycles. The number of aliphatic hydroxyl groups excluding tert-OH is 1. The van der Waals surface area contributed by atoms with E-state index in [0.29, 0.717) is 49.1 Å². The van der Waals surface area contributed by atoms with Gasteiger partial charge in [0.15, 0.2) is 5.76 Å². The standard InChI is InChI=1S/C20H22ClNO4/c21-15-5-2-1-4-14(15)16-7-8-17(26-16)19(24)22-11-9-20(10-12-22)18(23)6-3-13-25-20/h1-2,4-5,7-8,18,23H,3,6,9-13H2/t18-/m1/s1. The van der Waals surface area contributed by atoms with E-state index in [9.17, 15) is 9.90 Å². The maximum absolute atomic E-state index is 12.8. The van der Waals surface area contributed by atoms with Crippen molar-refractivity contribution in [2.75, 3.05) is 19.7 Å². The first-order valence-corrected chi connectivity index (χ1v) is 9.43. The first kappa shape index (κ1) is 17.6. The van der Waals surface area contributed by atoms with Crippen molar-refractivity contribution in [3.63, 3.8) is 0 Å². The fourth-order valence-corrected chi connectivity index (χ4v) is 4.12. The highest BCUT2D eigenvalue weighted by Gasteiger charge is 2.44. The molecule has 138 valence electrons. The molecule has 4 rings (SSSR count). The molecule has 2 aliphatic rings. The molecule has 1 amide bonds. The molecule has 1 atom stereocenters. The summed E-state index contributed by atoms with van der Waals surface area (Å²) in [5, 5.41) is 10.9. The van der Waals surface area contributed by atoms with Gasteiger partial charge in [0.05, 0.1) is 16.7 Å². The SMILES string of the molecule is O=C(c1ccc(-c2ccccc2Cl)o1)N1CCC2(CC1)OCCC[C@H]2O. The van der Waals surface area contributed by atoms with E-state index >= 15 is 0 Å². The van der Waals surface area contributed by atoms with E-state index < -0.39 is 11.7 Å². The molecule has 5 nitrogen and oxygen atoms in total. The minimum Gasteiger partial charge on any atom is -0.451 e. The van der Waals surface area contributed by atoms with Crippen LogP contribution in [0.2, 0.25) is 5.02 Å². The number of amides is 1. The molecule has 2 aliphatic heterocycles. The number of furan rings is 1. The number of nitrogens with zero attached hydrogens (tertiary/aromatic N) is 1. The fourth-order valence-electron chi connectivity index (χ4n) is 3.89. The Morgan fingerprint density at radius 3 is 2.69 bits per heavy atom. The number of piperidine rings is 1. The number of carbonyl (C=O) groups excluding carboxylic acids is 1. The van der Waals surface area contributed by atoms with Gasteiger partial charge in [-0.2, -0.15) is 0 Å². The van der Waals surface area contributed by atoms with Crippen molar-refractivity contribution >= 4 is 17.5 Å². The fraction of sp³-hybridized carbons (Fsp3) is 0.450. The van der Waals surface area contributed by atoms with Crippen LogP contribution in [0.25, 0.3) is 11.3 Å². The van der Waals surface area contributed by atoms with Gasteiger partial charge in [0.25, 0.3) is 5.91 Å². The van der Waals surface area contributed by atoms with Gasteiger partial charge >= 0.3 is 0 Å². The lowest BCUT2D eigenvalue weighted by molar-refractivity contribution is -0.174.